The largest absolute Gasteiger partial charge is 0.490 e. The van der Waals surface area contributed by atoms with Crippen LogP contribution in [0.25, 0.3) is 0 Å². The van der Waals surface area contributed by atoms with Gasteiger partial charge in [-0.3, -0.25) is 0 Å². The number of benzene rings is 1. The van der Waals surface area contributed by atoms with Gasteiger partial charge >= 0.3 is 0 Å². The van der Waals surface area contributed by atoms with Gasteiger partial charge in [0.1, 0.15) is 0 Å². The lowest BCUT2D eigenvalue weighted by molar-refractivity contribution is 0.0623. The van der Waals surface area contributed by atoms with E-state index in [2.05, 4.69) is 13.8 Å². The Hall–Kier alpha value is -1.22. The fraction of sp³-hybridized carbons (Fsp3) is 0.714. The Labute approximate surface area is 148 Å². The van der Waals surface area contributed by atoms with Crippen LogP contribution in [-0.4, -0.2) is 18.3 Å². The molecule has 1 unspecified atom stereocenters. The van der Waals surface area contributed by atoms with Crippen LogP contribution in [0.15, 0.2) is 18.2 Å². The highest BCUT2D eigenvalue weighted by Crippen LogP contribution is 2.37. The zero-order chi connectivity index (χ0) is 18.0. The molecule has 1 N–H and O–H groups in total. The molecule has 0 heterocycles. The summed E-state index contributed by atoms with van der Waals surface area (Å²) < 4.78 is 11.9. The monoisotopic (exact) mass is 336 g/mol. The van der Waals surface area contributed by atoms with Crippen molar-refractivity contribution >= 4 is 0 Å². The van der Waals surface area contributed by atoms with Gasteiger partial charge in [0, 0.05) is 0 Å². The fourth-order valence-electron chi connectivity index (χ4n) is 2.50. The Kier molecular flexibility index (Phi) is 9.20. The Bertz CT molecular complexity index is 463. The van der Waals surface area contributed by atoms with Crippen LogP contribution in [0.2, 0.25) is 0 Å². The molecule has 0 bridgehead atoms. The van der Waals surface area contributed by atoms with Crippen LogP contribution in [0.4, 0.5) is 0 Å². The summed E-state index contributed by atoms with van der Waals surface area (Å²) in [6, 6.07) is 5.83. The number of rotatable bonds is 11. The van der Waals surface area contributed by atoms with E-state index in [0.29, 0.717) is 13.2 Å². The lowest BCUT2D eigenvalue weighted by atomic mass is 9.85. The van der Waals surface area contributed by atoms with Crippen LogP contribution >= 0.6 is 0 Å². The molecule has 0 aliphatic carbocycles. The SMILES string of the molecule is CCCCCOc1ccc(C(O)C(C)(C)C)cc1OCCCCC. The van der Waals surface area contributed by atoms with Gasteiger partial charge in [-0.05, 0) is 36.0 Å². The molecular weight excluding hydrogens is 300 g/mol. The first-order valence-electron chi connectivity index (χ1n) is 9.47. The van der Waals surface area contributed by atoms with Crippen molar-refractivity contribution in [1.82, 2.24) is 0 Å². The third-order valence-electron chi connectivity index (χ3n) is 4.11. The Morgan fingerprint density at radius 1 is 0.875 bits per heavy atom. The molecule has 0 aliphatic heterocycles. The molecule has 0 amide bonds. The van der Waals surface area contributed by atoms with E-state index in [1.54, 1.807) is 0 Å². The minimum absolute atomic E-state index is 0.205. The fourth-order valence-corrected chi connectivity index (χ4v) is 2.50. The Balaban J connectivity index is 2.83. The van der Waals surface area contributed by atoms with E-state index in [4.69, 9.17) is 9.47 Å². The second-order valence-electron chi connectivity index (χ2n) is 7.59. The van der Waals surface area contributed by atoms with Crippen molar-refractivity contribution in [2.24, 2.45) is 5.41 Å². The van der Waals surface area contributed by atoms with Crippen molar-refractivity contribution < 1.29 is 14.6 Å². The quantitative estimate of drug-likeness (QED) is 0.511. The van der Waals surface area contributed by atoms with Gasteiger partial charge < -0.3 is 14.6 Å². The highest BCUT2D eigenvalue weighted by Gasteiger charge is 2.24. The minimum atomic E-state index is -0.523. The lowest BCUT2D eigenvalue weighted by Crippen LogP contribution is -2.18. The van der Waals surface area contributed by atoms with Crippen molar-refractivity contribution in [1.29, 1.82) is 0 Å². The predicted molar refractivity (Wildman–Crippen MR) is 101 cm³/mol. The molecule has 3 heteroatoms. The molecule has 0 aliphatic rings. The molecule has 0 saturated heterocycles. The van der Waals surface area contributed by atoms with Gasteiger partial charge in [0.05, 0.1) is 19.3 Å². The number of hydrogen-bond donors (Lipinski definition) is 1. The van der Waals surface area contributed by atoms with E-state index in [1.807, 2.05) is 39.0 Å². The van der Waals surface area contributed by atoms with E-state index in [-0.39, 0.29) is 5.41 Å². The van der Waals surface area contributed by atoms with Crippen molar-refractivity contribution in [2.75, 3.05) is 13.2 Å². The van der Waals surface area contributed by atoms with Crippen molar-refractivity contribution in [3.05, 3.63) is 23.8 Å². The average Bonchev–Trinajstić information content (AvgIpc) is 2.55. The molecule has 138 valence electrons. The van der Waals surface area contributed by atoms with E-state index < -0.39 is 6.10 Å². The maximum Gasteiger partial charge on any atom is 0.161 e. The summed E-state index contributed by atoms with van der Waals surface area (Å²) in [5, 5.41) is 10.5. The maximum absolute atomic E-state index is 10.5. The highest BCUT2D eigenvalue weighted by molar-refractivity contribution is 5.44. The lowest BCUT2D eigenvalue weighted by Gasteiger charge is -2.27. The van der Waals surface area contributed by atoms with Crippen molar-refractivity contribution in [3.8, 4) is 11.5 Å². The first-order valence-corrected chi connectivity index (χ1v) is 9.47. The summed E-state index contributed by atoms with van der Waals surface area (Å²) in [4.78, 5) is 0. The second kappa shape index (κ2) is 10.6. The average molecular weight is 337 g/mol. The number of unbranched alkanes of at least 4 members (excludes halogenated alkanes) is 4. The Morgan fingerprint density at radius 2 is 1.42 bits per heavy atom. The Morgan fingerprint density at radius 3 is 1.92 bits per heavy atom. The summed E-state index contributed by atoms with van der Waals surface area (Å²) >= 11 is 0. The molecule has 0 aromatic heterocycles. The van der Waals surface area contributed by atoms with Crippen LogP contribution in [0.3, 0.4) is 0 Å². The minimum Gasteiger partial charge on any atom is -0.490 e. The first-order chi connectivity index (χ1) is 11.4. The highest BCUT2D eigenvalue weighted by atomic mass is 16.5. The molecule has 0 spiro atoms. The third-order valence-corrected chi connectivity index (χ3v) is 4.11. The summed E-state index contributed by atoms with van der Waals surface area (Å²) in [6.45, 7) is 11.9. The van der Waals surface area contributed by atoms with Gasteiger partial charge in [0.2, 0.25) is 0 Å². The van der Waals surface area contributed by atoms with Crippen molar-refractivity contribution in [2.45, 2.75) is 79.2 Å². The smallest absolute Gasteiger partial charge is 0.161 e. The van der Waals surface area contributed by atoms with E-state index in [9.17, 15) is 5.11 Å². The summed E-state index contributed by atoms with van der Waals surface area (Å²) in [6.07, 6.45) is 6.26. The van der Waals surface area contributed by atoms with Gasteiger partial charge in [0.15, 0.2) is 11.5 Å². The number of aliphatic hydroxyl groups is 1. The second-order valence-corrected chi connectivity index (χ2v) is 7.59. The zero-order valence-corrected chi connectivity index (χ0v) is 16.2. The van der Waals surface area contributed by atoms with Crippen molar-refractivity contribution in [3.63, 3.8) is 0 Å². The van der Waals surface area contributed by atoms with Crippen LogP contribution < -0.4 is 9.47 Å². The molecule has 0 fully saturated rings. The van der Waals surface area contributed by atoms with Gasteiger partial charge in [-0.2, -0.15) is 0 Å². The van der Waals surface area contributed by atoms with Gasteiger partial charge in [-0.15, -0.1) is 0 Å². The van der Waals surface area contributed by atoms with E-state index in [1.165, 1.54) is 19.3 Å². The standard InChI is InChI=1S/C21H36O3/c1-6-8-10-14-23-18-13-12-17(20(22)21(3,4)5)16-19(18)24-15-11-9-7-2/h12-13,16,20,22H,6-11,14-15H2,1-5H3. The molecule has 3 nitrogen and oxygen atoms in total. The van der Waals surface area contributed by atoms with E-state index in [0.717, 1.165) is 36.3 Å². The van der Waals surface area contributed by atoms with Crippen LogP contribution in [-0.2, 0) is 0 Å². The molecule has 1 atom stereocenters. The topological polar surface area (TPSA) is 38.7 Å². The summed E-state index contributed by atoms with van der Waals surface area (Å²) in [5.74, 6) is 1.54. The molecule has 1 rings (SSSR count). The summed E-state index contributed by atoms with van der Waals surface area (Å²) in [5.41, 5.74) is 0.678. The van der Waals surface area contributed by atoms with Crippen LogP contribution in [0, 0.1) is 5.41 Å². The molecule has 1 aromatic carbocycles. The normalized spacial score (nSPS) is 12.9. The predicted octanol–water partition coefficient (Wildman–Crippen LogP) is 5.90. The van der Waals surface area contributed by atoms with E-state index >= 15 is 0 Å². The maximum atomic E-state index is 10.5. The van der Waals surface area contributed by atoms with Gasteiger partial charge in [-0.1, -0.05) is 66.4 Å². The van der Waals surface area contributed by atoms with Crippen LogP contribution in [0.1, 0.15) is 84.8 Å². The van der Waals surface area contributed by atoms with Gasteiger partial charge in [0.25, 0.3) is 0 Å². The number of aliphatic hydroxyl groups excluding tert-OH is 1. The first kappa shape index (κ1) is 20.8. The third kappa shape index (κ3) is 7.12. The van der Waals surface area contributed by atoms with Crippen LogP contribution in [0.5, 0.6) is 11.5 Å². The molecule has 1 aromatic rings. The molecule has 24 heavy (non-hydrogen) atoms. The molecule has 0 radical (unpaired) electrons. The number of ether oxygens (including phenoxy) is 2. The van der Waals surface area contributed by atoms with Gasteiger partial charge in [-0.25, -0.2) is 0 Å². The zero-order valence-electron chi connectivity index (χ0n) is 16.2. The molecule has 0 saturated carbocycles. The molecular formula is C21H36O3. The summed E-state index contributed by atoms with van der Waals surface area (Å²) in [7, 11) is 0. The number of hydrogen-bond acceptors (Lipinski definition) is 3.